The molecule has 1 aromatic rings. The van der Waals surface area contributed by atoms with Crippen molar-refractivity contribution in [1.29, 1.82) is 0 Å². The molecule has 128 valence electrons. The van der Waals surface area contributed by atoms with Crippen molar-refractivity contribution in [3.05, 3.63) is 18.3 Å². The predicted octanol–water partition coefficient (Wildman–Crippen LogP) is 2.87. The van der Waals surface area contributed by atoms with Crippen molar-refractivity contribution in [3.63, 3.8) is 0 Å². The molecule has 1 atom stereocenters. The van der Waals surface area contributed by atoms with Crippen LogP contribution in [0.3, 0.4) is 0 Å². The third-order valence-electron chi connectivity index (χ3n) is 3.75. The highest BCUT2D eigenvalue weighted by Crippen LogP contribution is 2.24. The van der Waals surface area contributed by atoms with E-state index in [1.165, 1.54) is 0 Å². The van der Waals surface area contributed by atoms with E-state index in [1.54, 1.807) is 6.20 Å². The highest BCUT2D eigenvalue weighted by Gasteiger charge is 2.22. The predicted molar refractivity (Wildman–Crippen MR) is 96.9 cm³/mol. The lowest BCUT2D eigenvalue weighted by Crippen LogP contribution is -2.48. The van der Waals surface area contributed by atoms with Gasteiger partial charge in [-0.2, -0.15) is 16.9 Å². The summed E-state index contributed by atoms with van der Waals surface area (Å²) in [6.45, 7) is 8.43. The van der Waals surface area contributed by atoms with Gasteiger partial charge in [0.15, 0.2) is 5.82 Å². The molecule has 2 rings (SSSR count). The van der Waals surface area contributed by atoms with E-state index in [0.29, 0.717) is 6.42 Å². The lowest BCUT2D eigenvalue weighted by Gasteiger charge is -2.33. The molecule has 0 aromatic carbocycles. The summed E-state index contributed by atoms with van der Waals surface area (Å²) in [6, 6.07) is 4.09. The topological polar surface area (TPSA) is 58.1 Å². The Labute approximate surface area is 143 Å². The van der Waals surface area contributed by atoms with Gasteiger partial charge in [-0.25, -0.2) is 0 Å². The van der Waals surface area contributed by atoms with Crippen LogP contribution < -0.4 is 10.2 Å². The highest BCUT2D eigenvalue weighted by molar-refractivity contribution is 8.00. The van der Waals surface area contributed by atoms with Crippen molar-refractivity contribution in [1.82, 2.24) is 15.5 Å². The van der Waals surface area contributed by atoms with Crippen molar-refractivity contribution in [2.45, 2.75) is 57.2 Å². The maximum Gasteiger partial charge on any atom is 0.220 e. The molecule has 0 unspecified atom stereocenters. The normalized spacial score (nSPS) is 18.7. The van der Waals surface area contributed by atoms with Gasteiger partial charge in [-0.3, -0.25) is 4.79 Å². The molecule has 1 N–H and O–H groups in total. The molecule has 0 bridgehead atoms. The van der Waals surface area contributed by atoms with Gasteiger partial charge < -0.3 is 10.2 Å². The Bertz CT molecular complexity index is 489. The Balaban J connectivity index is 1.71. The number of carbonyl (C=O) groups is 1. The number of rotatable bonds is 6. The molecule has 0 spiro atoms. The number of carbonyl (C=O) groups excluding carboxylic acids is 1. The zero-order chi connectivity index (χ0) is 16.7. The van der Waals surface area contributed by atoms with Crippen molar-refractivity contribution >= 4 is 23.5 Å². The minimum Gasteiger partial charge on any atom is -0.353 e. The van der Waals surface area contributed by atoms with Crippen LogP contribution in [0.5, 0.6) is 0 Å². The lowest BCUT2D eigenvalue weighted by atomic mass is 10.1. The van der Waals surface area contributed by atoms with Crippen molar-refractivity contribution in [3.8, 4) is 0 Å². The molecule has 1 aromatic heterocycles. The quantitative estimate of drug-likeness (QED) is 0.810. The third-order valence-corrected chi connectivity index (χ3v) is 5.11. The summed E-state index contributed by atoms with van der Waals surface area (Å²) in [6.07, 6.45) is 5.35. The first-order valence-electron chi connectivity index (χ1n) is 8.40. The first kappa shape index (κ1) is 18.0. The second kappa shape index (κ2) is 8.52. The number of nitrogens with zero attached hydrogens (tertiary/aromatic N) is 3. The van der Waals surface area contributed by atoms with Crippen molar-refractivity contribution in [2.24, 2.45) is 0 Å². The minimum absolute atomic E-state index is 0.172. The van der Waals surface area contributed by atoms with Gasteiger partial charge in [0.1, 0.15) is 0 Å². The molecule has 2 heterocycles. The molecule has 1 saturated heterocycles. The van der Waals surface area contributed by atoms with Gasteiger partial charge in [-0.15, -0.1) is 5.10 Å². The smallest absolute Gasteiger partial charge is 0.220 e. The maximum atomic E-state index is 12.1. The van der Waals surface area contributed by atoms with E-state index in [2.05, 4.69) is 41.2 Å². The molecular weight excluding hydrogens is 308 g/mol. The van der Waals surface area contributed by atoms with Gasteiger partial charge in [-0.05, 0) is 37.1 Å². The van der Waals surface area contributed by atoms with E-state index in [1.807, 2.05) is 23.9 Å². The fourth-order valence-corrected chi connectivity index (χ4v) is 3.58. The van der Waals surface area contributed by atoms with Crippen molar-refractivity contribution in [2.75, 3.05) is 23.7 Å². The molecular formula is C17H28N4OS. The van der Waals surface area contributed by atoms with Crippen LogP contribution in [0.1, 0.15) is 46.5 Å². The average Bonchev–Trinajstić information content (AvgIpc) is 2.52. The van der Waals surface area contributed by atoms with E-state index in [-0.39, 0.29) is 16.7 Å². The Hall–Kier alpha value is -1.30. The molecule has 0 radical (unpaired) electrons. The first-order chi connectivity index (χ1) is 10.9. The summed E-state index contributed by atoms with van der Waals surface area (Å²) in [7, 11) is 0. The van der Waals surface area contributed by atoms with Gasteiger partial charge in [0.05, 0.1) is 0 Å². The molecule has 1 amide bonds. The van der Waals surface area contributed by atoms with Crippen LogP contribution in [-0.4, -0.2) is 45.7 Å². The van der Waals surface area contributed by atoms with Crippen LogP contribution >= 0.6 is 11.8 Å². The zero-order valence-electron chi connectivity index (χ0n) is 14.4. The van der Waals surface area contributed by atoms with Gasteiger partial charge >= 0.3 is 0 Å². The molecule has 0 saturated carbocycles. The molecule has 5 nitrogen and oxygen atoms in total. The molecule has 1 fully saturated rings. The average molecular weight is 337 g/mol. The van der Waals surface area contributed by atoms with E-state index in [0.717, 1.165) is 43.9 Å². The largest absolute Gasteiger partial charge is 0.353 e. The van der Waals surface area contributed by atoms with Crippen LogP contribution in [-0.2, 0) is 4.79 Å². The maximum absolute atomic E-state index is 12.1. The van der Waals surface area contributed by atoms with Gasteiger partial charge in [0.25, 0.3) is 0 Å². The molecule has 0 aliphatic carbocycles. The number of aromatic nitrogens is 2. The van der Waals surface area contributed by atoms with Crippen LogP contribution in [0.25, 0.3) is 0 Å². The van der Waals surface area contributed by atoms with Gasteiger partial charge in [0, 0.05) is 36.5 Å². The van der Waals surface area contributed by atoms with Crippen LogP contribution in [0.15, 0.2) is 18.3 Å². The zero-order valence-corrected chi connectivity index (χ0v) is 15.2. The summed E-state index contributed by atoms with van der Waals surface area (Å²) < 4.78 is 0.275. The number of piperidine rings is 1. The van der Waals surface area contributed by atoms with Gasteiger partial charge in [-0.1, -0.05) is 20.8 Å². The van der Waals surface area contributed by atoms with E-state index >= 15 is 0 Å². The highest BCUT2D eigenvalue weighted by atomic mass is 32.2. The van der Waals surface area contributed by atoms with E-state index in [4.69, 9.17) is 0 Å². The summed E-state index contributed by atoms with van der Waals surface area (Å²) in [5.41, 5.74) is 0. The number of hydrogen-bond acceptors (Lipinski definition) is 5. The molecule has 1 aliphatic heterocycles. The second-order valence-corrected chi connectivity index (χ2v) is 8.92. The number of anilines is 1. The minimum atomic E-state index is 0.172. The van der Waals surface area contributed by atoms with Crippen LogP contribution in [0.2, 0.25) is 0 Å². The molecule has 23 heavy (non-hydrogen) atoms. The first-order valence-corrected chi connectivity index (χ1v) is 9.38. The van der Waals surface area contributed by atoms with Crippen molar-refractivity contribution < 1.29 is 4.79 Å². The van der Waals surface area contributed by atoms with Crippen LogP contribution in [0.4, 0.5) is 5.82 Å². The SMILES string of the molecule is CC(C)(C)SCCCC(=O)N[C@@H]1CCCN(c2cccnn2)C1. The van der Waals surface area contributed by atoms with Crippen LogP contribution in [0, 0.1) is 0 Å². The monoisotopic (exact) mass is 336 g/mol. The number of hydrogen-bond donors (Lipinski definition) is 1. The number of amides is 1. The van der Waals surface area contributed by atoms with E-state index in [9.17, 15) is 4.79 Å². The summed E-state index contributed by atoms with van der Waals surface area (Å²) >= 11 is 1.92. The molecule has 6 heteroatoms. The third kappa shape index (κ3) is 6.77. The Morgan fingerprint density at radius 1 is 1.48 bits per heavy atom. The fourth-order valence-electron chi connectivity index (χ4n) is 2.68. The Morgan fingerprint density at radius 3 is 3.00 bits per heavy atom. The Kier molecular flexibility index (Phi) is 6.69. The number of nitrogens with one attached hydrogen (secondary N) is 1. The molecule has 1 aliphatic rings. The fraction of sp³-hybridized carbons (Fsp3) is 0.706. The standard InChI is InChI=1S/C17H28N4OS/c1-17(2,3)23-12-6-9-16(22)19-14-7-5-11-21(13-14)15-8-4-10-18-20-15/h4,8,10,14H,5-7,9,11-13H2,1-3H3,(H,19,22)/t14-/m1/s1. The van der Waals surface area contributed by atoms with Gasteiger partial charge in [0.2, 0.25) is 5.91 Å². The summed E-state index contributed by atoms with van der Waals surface area (Å²) in [4.78, 5) is 14.3. The number of thioether (sulfide) groups is 1. The second-order valence-electron chi connectivity index (χ2n) is 7.00. The lowest BCUT2D eigenvalue weighted by molar-refractivity contribution is -0.121. The summed E-state index contributed by atoms with van der Waals surface area (Å²) in [5, 5.41) is 11.3. The Morgan fingerprint density at radius 2 is 2.30 bits per heavy atom. The summed E-state index contributed by atoms with van der Waals surface area (Å²) in [5.74, 6) is 2.10. The van der Waals surface area contributed by atoms with E-state index < -0.39 is 0 Å².